The molecule has 0 aliphatic heterocycles. The molecule has 5 unspecified atom stereocenters. The predicted molar refractivity (Wildman–Crippen MR) is 61.5 cm³/mol. The van der Waals surface area contributed by atoms with Crippen molar-refractivity contribution < 1.29 is 19.8 Å². The fraction of sp³-hybridized carbons (Fsp3) is 0.846. The Morgan fingerprint density at radius 3 is 2.24 bits per heavy atom. The van der Waals surface area contributed by atoms with E-state index in [1.165, 1.54) is 0 Å². The van der Waals surface area contributed by atoms with E-state index in [1.54, 1.807) is 0 Å². The highest BCUT2D eigenvalue weighted by Gasteiger charge is 2.42. The standard InChI is InChI=1S/C13H20O4/c1-7-4-10-5-9(12(14)15)3-2-8(10)6-11(7)13(16)17/h7-11H,2-6H2,1H3,(H,14,15)(H,16,17). The van der Waals surface area contributed by atoms with Crippen molar-refractivity contribution in [1.82, 2.24) is 0 Å². The van der Waals surface area contributed by atoms with E-state index in [2.05, 4.69) is 0 Å². The van der Waals surface area contributed by atoms with Crippen molar-refractivity contribution in [2.24, 2.45) is 29.6 Å². The van der Waals surface area contributed by atoms with Crippen LogP contribution in [0.15, 0.2) is 0 Å². The van der Waals surface area contributed by atoms with Crippen LogP contribution in [0.2, 0.25) is 0 Å². The molecule has 2 aliphatic carbocycles. The zero-order valence-corrected chi connectivity index (χ0v) is 10.1. The van der Waals surface area contributed by atoms with Crippen LogP contribution in [-0.2, 0) is 9.59 Å². The molecule has 0 aromatic rings. The summed E-state index contributed by atoms with van der Waals surface area (Å²) in [6.45, 7) is 1.99. The van der Waals surface area contributed by atoms with Gasteiger partial charge in [-0.25, -0.2) is 0 Å². The summed E-state index contributed by atoms with van der Waals surface area (Å²) in [7, 11) is 0. The average Bonchev–Trinajstić information content (AvgIpc) is 2.26. The van der Waals surface area contributed by atoms with Gasteiger partial charge in [-0.1, -0.05) is 6.92 Å². The van der Waals surface area contributed by atoms with Crippen molar-refractivity contribution in [1.29, 1.82) is 0 Å². The first-order valence-corrected chi connectivity index (χ1v) is 6.44. The van der Waals surface area contributed by atoms with Crippen LogP contribution in [0.4, 0.5) is 0 Å². The molecule has 2 rings (SSSR count). The molecular weight excluding hydrogens is 220 g/mol. The molecule has 2 N–H and O–H groups in total. The highest BCUT2D eigenvalue weighted by molar-refractivity contribution is 5.71. The Morgan fingerprint density at radius 2 is 1.65 bits per heavy atom. The predicted octanol–water partition coefficient (Wildman–Crippen LogP) is 2.23. The van der Waals surface area contributed by atoms with E-state index in [4.69, 9.17) is 10.2 Å². The van der Waals surface area contributed by atoms with Gasteiger partial charge in [-0.3, -0.25) is 9.59 Å². The molecule has 17 heavy (non-hydrogen) atoms. The Bertz CT molecular complexity index is 325. The van der Waals surface area contributed by atoms with E-state index >= 15 is 0 Å². The maximum absolute atomic E-state index is 11.1. The molecule has 0 heterocycles. The number of aliphatic carboxylic acids is 2. The summed E-state index contributed by atoms with van der Waals surface area (Å²) in [4.78, 5) is 22.1. The largest absolute Gasteiger partial charge is 0.481 e. The molecule has 0 aromatic carbocycles. The molecule has 0 radical (unpaired) electrons. The van der Waals surface area contributed by atoms with Gasteiger partial charge in [0.15, 0.2) is 0 Å². The summed E-state index contributed by atoms with van der Waals surface area (Å²) in [6, 6.07) is 0. The van der Waals surface area contributed by atoms with E-state index in [0.29, 0.717) is 11.8 Å². The van der Waals surface area contributed by atoms with Gasteiger partial charge in [0, 0.05) is 0 Å². The number of fused-ring (bicyclic) bond motifs is 1. The van der Waals surface area contributed by atoms with Crippen LogP contribution in [0.1, 0.15) is 39.0 Å². The van der Waals surface area contributed by atoms with Crippen LogP contribution < -0.4 is 0 Å². The van der Waals surface area contributed by atoms with E-state index in [1.807, 2.05) is 6.92 Å². The van der Waals surface area contributed by atoms with Crippen LogP contribution in [0.5, 0.6) is 0 Å². The Labute approximate surface area is 101 Å². The fourth-order valence-corrected chi connectivity index (χ4v) is 3.69. The minimum Gasteiger partial charge on any atom is -0.481 e. The first-order chi connectivity index (χ1) is 7.99. The number of carboxylic acid groups (broad SMARTS) is 2. The smallest absolute Gasteiger partial charge is 0.306 e. The van der Waals surface area contributed by atoms with E-state index < -0.39 is 11.9 Å². The van der Waals surface area contributed by atoms with Crippen LogP contribution in [0, 0.1) is 29.6 Å². The van der Waals surface area contributed by atoms with Crippen LogP contribution >= 0.6 is 0 Å². The molecule has 0 bridgehead atoms. The summed E-state index contributed by atoms with van der Waals surface area (Å²) in [5.41, 5.74) is 0. The third kappa shape index (κ3) is 2.45. The molecule has 5 atom stereocenters. The van der Waals surface area contributed by atoms with Crippen molar-refractivity contribution in [3.8, 4) is 0 Å². The monoisotopic (exact) mass is 240 g/mol. The van der Waals surface area contributed by atoms with Crippen molar-refractivity contribution in [3.63, 3.8) is 0 Å². The lowest BCUT2D eigenvalue weighted by atomic mass is 9.62. The summed E-state index contributed by atoms with van der Waals surface area (Å²) in [5, 5.41) is 18.2. The van der Waals surface area contributed by atoms with Gasteiger partial charge in [-0.15, -0.1) is 0 Å². The number of hydrogen-bond acceptors (Lipinski definition) is 2. The number of rotatable bonds is 2. The summed E-state index contributed by atoms with van der Waals surface area (Å²) >= 11 is 0. The lowest BCUT2D eigenvalue weighted by Gasteiger charge is -2.42. The molecule has 0 saturated heterocycles. The molecular formula is C13H20O4. The summed E-state index contributed by atoms with van der Waals surface area (Å²) in [6.07, 6.45) is 3.98. The van der Waals surface area contributed by atoms with Crippen LogP contribution in [0.3, 0.4) is 0 Å². The minimum atomic E-state index is -0.684. The zero-order valence-electron chi connectivity index (χ0n) is 10.1. The van der Waals surface area contributed by atoms with Gasteiger partial charge in [0.1, 0.15) is 0 Å². The van der Waals surface area contributed by atoms with E-state index in [9.17, 15) is 9.59 Å². The number of carboxylic acids is 2. The maximum atomic E-state index is 11.1. The molecule has 0 aromatic heterocycles. The van der Waals surface area contributed by atoms with Crippen molar-refractivity contribution >= 4 is 11.9 Å². The lowest BCUT2D eigenvalue weighted by Crippen LogP contribution is -2.39. The van der Waals surface area contributed by atoms with Crippen molar-refractivity contribution in [3.05, 3.63) is 0 Å². The summed E-state index contributed by atoms with van der Waals surface area (Å²) < 4.78 is 0. The second-order valence-corrected chi connectivity index (χ2v) is 5.76. The normalized spacial score (nSPS) is 41.6. The van der Waals surface area contributed by atoms with Gasteiger partial charge in [0.25, 0.3) is 0 Å². The highest BCUT2D eigenvalue weighted by atomic mass is 16.4. The molecule has 2 fully saturated rings. The second-order valence-electron chi connectivity index (χ2n) is 5.76. The quantitative estimate of drug-likeness (QED) is 0.776. The Hall–Kier alpha value is -1.06. The molecule has 2 aliphatic rings. The van der Waals surface area contributed by atoms with Crippen LogP contribution in [0.25, 0.3) is 0 Å². The molecule has 96 valence electrons. The Balaban J connectivity index is 2.02. The van der Waals surface area contributed by atoms with Gasteiger partial charge >= 0.3 is 11.9 Å². The number of hydrogen-bond donors (Lipinski definition) is 2. The second kappa shape index (κ2) is 4.67. The van der Waals surface area contributed by atoms with Gasteiger partial charge in [-0.05, 0) is 49.9 Å². The fourth-order valence-electron chi connectivity index (χ4n) is 3.69. The molecule has 0 spiro atoms. The SMILES string of the molecule is CC1CC2CC(C(=O)O)CCC2CC1C(=O)O. The minimum absolute atomic E-state index is 0.182. The third-order valence-electron chi connectivity index (χ3n) is 4.72. The van der Waals surface area contributed by atoms with Gasteiger partial charge in [0.2, 0.25) is 0 Å². The van der Waals surface area contributed by atoms with Crippen molar-refractivity contribution in [2.45, 2.75) is 39.0 Å². The molecule has 2 saturated carbocycles. The first kappa shape index (κ1) is 12.4. The topological polar surface area (TPSA) is 74.6 Å². The third-order valence-corrected chi connectivity index (χ3v) is 4.72. The van der Waals surface area contributed by atoms with E-state index in [-0.39, 0.29) is 17.8 Å². The van der Waals surface area contributed by atoms with Gasteiger partial charge in [0.05, 0.1) is 11.8 Å². The van der Waals surface area contributed by atoms with Gasteiger partial charge < -0.3 is 10.2 Å². The molecule has 0 amide bonds. The zero-order chi connectivity index (χ0) is 12.6. The summed E-state index contributed by atoms with van der Waals surface area (Å²) in [5.74, 6) is -0.755. The van der Waals surface area contributed by atoms with Gasteiger partial charge in [-0.2, -0.15) is 0 Å². The Morgan fingerprint density at radius 1 is 0.941 bits per heavy atom. The maximum Gasteiger partial charge on any atom is 0.306 e. The first-order valence-electron chi connectivity index (χ1n) is 6.44. The Kier molecular flexibility index (Phi) is 3.40. The molecule has 4 nitrogen and oxygen atoms in total. The van der Waals surface area contributed by atoms with Crippen LogP contribution in [-0.4, -0.2) is 22.2 Å². The number of carbonyl (C=O) groups is 2. The highest BCUT2D eigenvalue weighted by Crippen LogP contribution is 2.46. The average molecular weight is 240 g/mol. The van der Waals surface area contributed by atoms with E-state index in [0.717, 1.165) is 32.1 Å². The molecule has 4 heteroatoms. The lowest BCUT2D eigenvalue weighted by molar-refractivity contribution is -0.150. The van der Waals surface area contributed by atoms with Crippen molar-refractivity contribution in [2.75, 3.05) is 0 Å².